The molecule has 1 heterocycles. The van der Waals surface area contributed by atoms with Crippen molar-refractivity contribution in [1.29, 1.82) is 0 Å². The van der Waals surface area contributed by atoms with E-state index >= 15 is 0 Å². The summed E-state index contributed by atoms with van der Waals surface area (Å²) in [6.45, 7) is 2.51. The smallest absolute Gasteiger partial charge is 0.252 e. The van der Waals surface area contributed by atoms with Gasteiger partial charge in [-0.25, -0.2) is 0 Å². The Kier molecular flexibility index (Phi) is 3.30. The second kappa shape index (κ2) is 4.55. The lowest BCUT2D eigenvalue weighted by atomic mass is 9.97. The molecular formula is C12H18N2OS. The number of nitrogens with one attached hydrogen (secondary N) is 1. The van der Waals surface area contributed by atoms with E-state index in [1.54, 1.807) is 11.3 Å². The number of rotatable bonds is 3. The molecule has 1 amide bonds. The van der Waals surface area contributed by atoms with Gasteiger partial charge in [-0.2, -0.15) is 11.3 Å². The van der Waals surface area contributed by atoms with Crippen LogP contribution in [0.1, 0.15) is 41.6 Å². The summed E-state index contributed by atoms with van der Waals surface area (Å²) < 4.78 is 0. The van der Waals surface area contributed by atoms with Crippen LogP contribution < -0.4 is 11.1 Å². The van der Waals surface area contributed by atoms with Crippen LogP contribution in [-0.4, -0.2) is 18.0 Å². The molecule has 0 unspecified atom stereocenters. The fourth-order valence-corrected chi connectivity index (χ4v) is 3.16. The number of thiophene rings is 1. The van der Waals surface area contributed by atoms with Crippen molar-refractivity contribution < 1.29 is 4.79 Å². The van der Waals surface area contributed by atoms with E-state index in [2.05, 4.69) is 5.32 Å². The second-order valence-electron chi connectivity index (χ2n) is 4.61. The second-order valence-corrected chi connectivity index (χ2v) is 5.36. The van der Waals surface area contributed by atoms with Crippen molar-refractivity contribution >= 4 is 17.2 Å². The van der Waals surface area contributed by atoms with Crippen LogP contribution in [0.15, 0.2) is 10.8 Å². The van der Waals surface area contributed by atoms with Gasteiger partial charge in [-0.15, -0.1) is 0 Å². The van der Waals surface area contributed by atoms with Gasteiger partial charge in [0.25, 0.3) is 5.91 Å². The van der Waals surface area contributed by atoms with Gasteiger partial charge in [-0.3, -0.25) is 4.79 Å². The van der Waals surface area contributed by atoms with E-state index in [1.807, 2.05) is 17.7 Å². The Balaban J connectivity index is 2.09. The normalized spacial score (nSPS) is 18.6. The van der Waals surface area contributed by atoms with E-state index in [1.165, 1.54) is 12.8 Å². The summed E-state index contributed by atoms with van der Waals surface area (Å²) in [5, 5.41) is 7.03. The summed E-state index contributed by atoms with van der Waals surface area (Å²) in [7, 11) is 0. The van der Waals surface area contributed by atoms with E-state index in [-0.39, 0.29) is 11.4 Å². The molecule has 0 radical (unpaired) electrons. The first-order chi connectivity index (χ1) is 7.67. The van der Waals surface area contributed by atoms with Gasteiger partial charge in [-0.05, 0) is 30.7 Å². The average Bonchev–Trinajstić information content (AvgIpc) is 2.87. The minimum atomic E-state index is -0.147. The van der Waals surface area contributed by atoms with Crippen molar-refractivity contribution in [2.45, 2.75) is 38.1 Å². The maximum absolute atomic E-state index is 12.1. The Morgan fingerprint density at radius 3 is 2.69 bits per heavy atom. The summed E-state index contributed by atoms with van der Waals surface area (Å²) in [4.78, 5) is 12.1. The molecule has 1 saturated carbocycles. The molecule has 16 heavy (non-hydrogen) atoms. The monoisotopic (exact) mass is 238 g/mol. The lowest BCUT2D eigenvalue weighted by Crippen LogP contribution is -2.51. The molecule has 0 aromatic carbocycles. The molecule has 1 aliphatic rings. The Bertz CT molecular complexity index is 380. The van der Waals surface area contributed by atoms with Crippen molar-refractivity contribution in [3.8, 4) is 0 Å². The largest absolute Gasteiger partial charge is 0.345 e. The number of carbonyl (C=O) groups excluding carboxylic acids is 1. The Morgan fingerprint density at radius 2 is 2.19 bits per heavy atom. The molecule has 1 aliphatic carbocycles. The van der Waals surface area contributed by atoms with Crippen LogP contribution in [0.4, 0.5) is 0 Å². The van der Waals surface area contributed by atoms with E-state index in [4.69, 9.17) is 5.73 Å². The predicted octanol–water partition coefficient (Wildman–Crippen LogP) is 2.06. The van der Waals surface area contributed by atoms with Crippen molar-refractivity contribution in [2.24, 2.45) is 5.73 Å². The van der Waals surface area contributed by atoms with E-state index in [0.29, 0.717) is 6.54 Å². The quantitative estimate of drug-likeness (QED) is 0.847. The first-order valence-electron chi connectivity index (χ1n) is 5.72. The number of nitrogens with two attached hydrogens (primary N) is 1. The van der Waals surface area contributed by atoms with Crippen LogP contribution in [0.25, 0.3) is 0 Å². The summed E-state index contributed by atoms with van der Waals surface area (Å²) >= 11 is 1.57. The van der Waals surface area contributed by atoms with Gasteiger partial charge in [-0.1, -0.05) is 12.8 Å². The molecule has 0 saturated heterocycles. The van der Waals surface area contributed by atoms with Crippen molar-refractivity contribution in [3.05, 3.63) is 21.9 Å². The van der Waals surface area contributed by atoms with Crippen LogP contribution in [0.3, 0.4) is 0 Å². The van der Waals surface area contributed by atoms with Crippen LogP contribution in [-0.2, 0) is 0 Å². The summed E-state index contributed by atoms with van der Waals surface area (Å²) in [5.41, 5.74) is 7.49. The van der Waals surface area contributed by atoms with E-state index in [9.17, 15) is 4.79 Å². The zero-order chi connectivity index (χ0) is 11.6. The maximum atomic E-state index is 12.1. The maximum Gasteiger partial charge on any atom is 0.252 e. The van der Waals surface area contributed by atoms with Crippen LogP contribution in [0.5, 0.6) is 0 Å². The number of hydrogen-bond donors (Lipinski definition) is 2. The van der Waals surface area contributed by atoms with Gasteiger partial charge in [0.1, 0.15) is 0 Å². The molecule has 0 atom stereocenters. The lowest BCUT2D eigenvalue weighted by Gasteiger charge is -2.28. The van der Waals surface area contributed by atoms with Gasteiger partial charge in [0.05, 0.1) is 11.1 Å². The highest BCUT2D eigenvalue weighted by molar-refractivity contribution is 7.08. The van der Waals surface area contributed by atoms with E-state index < -0.39 is 0 Å². The molecule has 3 nitrogen and oxygen atoms in total. The standard InChI is InChI=1S/C12H18N2OS/c1-9-6-16-7-10(9)11(15)14-12(8-13)4-2-3-5-12/h6-7H,2-5,8,13H2,1H3,(H,14,15). The third-order valence-corrected chi connectivity index (χ3v) is 4.29. The number of amides is 1. The third kappa shape index (κ3) is 2.13. The van der Waals surface area contributed by atoms with Crippen molar-refractivity contribution in [2.75, 3.05) is 6.54 Å². The molecule has 1 fully saturated rings. The summed E-state index contributed by atoms with van der Waals surface area (Å²) in [5.74, 6) is 0.0334. The summed E-state index contributed by atoms with van der Waals surface area (Å²) in [6.07, 6.45) is 4.36. The van der Waals surface area contributed by atoms with Gasteiger partial charge >= 0.3 is 0 Å². The van der Waals surface area contributed by atoms with Crippen molar-refractivity contribution in [1.82, 2.24) is 5.32 Å². The average molecular weight is 238 g/mol. The zero-order valence-electron chi connectivity index (χ0n) is 9.58. The molecule has 0 spiro atoms. The predicted molar refractivity (Wildman–Crippen MR) is 66.8 cm³/mol. The van der Waals surface area contributed by atoms with Gasteiger partial charge in [0.15, 0.2) is 0 Å². The van der Waals surface area contributed by atoms with Gasteiger partial charge < -0.3 is 11.1 Å². The molecule has 2 rings (SSSR count). The van der Waals surface area contributed by atoms with E-state index in [0.717, 1.165) is 24.0 Å². The number of hydrogen-bond acceptors (Lipinski definition) is 3. The minimum absolute atomic E-state index is 0.0334. The Hall–Kier alpha value is -0.870. The van der Waals surface area contributed by atoms with Crippen LogP contribution in [0, 0.1) is 6.92 Å². The van der Waals surface area contributed by atoms with Crippen LogP contribution in [0.2, 0.25) is 0 Å². The highest BCUT2D eigenvalue weighted by Crippen LogP contribution is 2.29. The molecule has 3 N–H and O–H groups in total. The van der Waals surface area contributed by atoms with Crippen molar-refractivity contribution in [3.63, 3.8) is 0 Å². The third-order valence-electron chi connectivity index (χ3n) is 3.43. The molecule has 0 aliphatic heterocycles. The number of aryl methyl sites for hydroxylation is 1. The molecular weight excluding hydrogens is 220 g/mol. The lowest BCUT2D eigenvalue weighted by molar-refractivity contribution is 0.0903. The highest BCUT2D eigenvalue weighted by Gasteiger charge is 2.34. The molecule has 4 heteroatoms. The first-order valence-corrected chi connectivity index (χ1v) is 6.66. The SMILES string of the molecule is Cc1cscc1C(=O)NC1(CN)CCCC1. The Labute approximate surface area is 100 Å². The molecule has 88 valence electrons. The molecule has 0 bridgehead atoms. The summed E-state index contributed by atoms with van der Waals surface area (Å²) in [6, 6.07) is 0. The molecule has 1 aromatic rings. The van der Waals surface area contributed by atoms with Crippen LogP contribution >= 0.6 is 11.3 Å². The Morgan fingerprint density at radius 1 is 1.50 bits per heavy atom. The van der Waals surface area contributed by atoms with Gasteiger partial charge in [0, 0.05) is 11.9 Å². The highest BCUT2D eigenvalue weighted by atomic mass is 32.1. The topological polar surface area (TPSA) is 55.1 Å². The minimum Gasteiger partial charge on any atom is -0.345 e. The molecule has 1 aromatic heterocycles. The fraction of sp³-hybridized carbons (Fsp3) is 0.583. The zero-order valence-corrected chi connectivity index (χ0v) is 10.4. The fourth-order valence-electron chi connectivity index (χ4n) is 2.33. The first kappa shape index (κ1) is 11.6. The van der Waals surface area contributed by atoms with Gasteiger partial charge in [0.2, 0.25) is 0 Å². The number of carbonyl (C=O) groups is 1.